The van der Waals surface area contributed by atoms with Gasteiger partial charge < -0.3 is 10.3 Å². The van der Waals surface area contributed by atoms with Crippen LogP contribution in [0.15, 0.2) is 12.4 Å². The summed E-state index contributed by atoms with van der Waals surface area (Å²) in [6, 6.07) is -0.217. The van der Waals surface area contributed by atoms with Crippen LogP contribution < -0.4 is 5.32 Å². The Balaban J connectivity index is 1.95. The topological polar surface area (TPSA) is 95.2 Å². The molecule has 1 aromatic rings. The lowest BCUT2D eigenvalue weighted by Gasteiger charge is -2.30. The van der Waals surface area contributed by atoms with Crippen LogP contribution in [0.25, 0.3) is 0 Å². The minimum Gasteiger partial charge on any atom is -0.347 e. The van der Waals surface area contributed by atoms with Crippen LogP contribution in [0.3, 0.4) is 0 Å². The Morgan fingerprint density at radius 1 is 1.60 bits per heavy atom. The lowest BCUT2D eigenvalue weighted by Crippen LogP contribution is -2.45. The van der Waals surface area contributed by atoms with Crippen LogP contribution >= 0.6 is 0 Å². The molecule has 2 unspecified atom stereocenters. The number of nitrogens with zero attached hydrogens (tertiary/aromatic N) is 2. The van der Waals surface area contributed by atoms with Crippen molar-refractivity contribution in [2.45, 2.75) is 25.8 Å². The largest absolute Gasteiger partial charge is 0.347 e. The third kappa shape index (κ3) is 3.57. The molecule has 20 heavy (non-hydrogen) atoms. The van der Waals surface area contributed by atoms with Gasteiger partial charge in [-0.15, -0.1) is 0 Å². The quantitative estimate of drug-likeness (QED) is 0.833. The zero-order valence-electron chi connectivity index (χ0n) is 11.7. The Kier molecular flexibility index (Phi) is 4.44. The summed E-state index contributed by atoms with van der Waals surface area (Å²) in [6.45, 7) is 2.60. The summed E-state index contributed by atoms with van der Waals surface area (Å²) < 4.78 is 24.5. The highest BCUT2D eigenvalue weighted by atomic mass is 32.2. The van der Waals surface area contributed by atoms with Crippen LogP contribution in [-0.4, -0.2) is 47.9 Å². The summed E-state index contributed by atoms with van der Waals surface area (Å²) in [5.41, 5.74) is 0. The Labute approximate surface area is 118 Å². The van der Waals surface area contributed by atoms with Crippen molar-refractivity contribution < 1.29 is 13.2 Å². The fourth-order valence-corrected chi connectivity index (χ4v) is 3.28. The molecule has 0 spiro atoms. The number of H-pyrrole nitrogens is 1. The molecule has 0 bridgehead atoms. The first kappa shape index (κ1) is 15.0. The maximum Gasteiger partial charge on any atom is 0.225 e. The number of nitrogens with one attached hydrogen (secondary N) is 2. The predicted octanol–water partition coefficient (Wildman–Crippen LogP) is 0.259. The Morgan fingerprint density at radius 2 is 2.35 bits per heavy atom. The smallest absolute Gasteiger partial charge is 0.225 e. The number of hydrogen-bond donors (Lipinski definition) is 2. The molecule has 112 valence electrons. The van der Waals surface area contributed by atoms with E-state index in [1.165, 1.54) is 10.6 Å². The molecule has 1 aliphatic rings. The van der Waals surface area contributed by atoms with Crippen molar-refractivity contribution in [3.63, 3.8) is 0 Å². The van der Waals surface area contributed by atoms with Gasteiger partial charge in [-0.25, -0.2) is 17.7 Å². The number of sulfonamides is 1. The molecular formula is C12H20N4O3S. The van der Waals surface area contributed by atoms with E-state index in [-0.39, 0.29) is 24.4 Å². The van der Waals surface area contributed by atoms with Crippen LogP contribution in [0, 0.1) is 5.92 Å². The minimum atomic E-state index is -3.23. The van der Waals surface area contributed by atoms with Crippen LogP contribution in [0.1, 0.15) is 31.6 Å². The first-order chi connectivity index (χ1) is 9.38. The van der Waals surface area contributed by atoms with Crippen molar-refractivity contribution in [1.29, 1.82) is 0 Å². The molecule has 0 aromatic carbocycles. The molecule has 1 aliphatic heterocycles. The van der Waals surface area contributed by atoms with E-state index in [2.05, 4.69) is 15.3 Å². The predicted molar refractivity (Wildman–Crippen MR) is 74.3 cm³/mol. The van der Waals surface area contributed by atoms with E-state index in [0.29, 0.717) is 25.2 Å². The number of imidazole rings is 1. The molecule has 0 saturated carbocycles. The Morgan fingerprint density at radius 3 is 2.95 bits per heavy atom. The van der Waals surface area contributed by atoms with Gasteiger partial charge in [0.25, 0.3) is 0 Å². The SMILES string of the molecule is CC(NC(=O)C1CCCN(S(C)(=O)=O)C1)c1ncc[nH]1. The van der Waals surface area contributed by atoms with Crippen LogP contribution in [0.5, 0.6) is 0 Å². The average Bonchev–Trinajstić information content (AvgIpc) is 2.91. The molecule has 8 heteroatoms. The summed E-state index contributed by atoms with van der Waals surface area (Å²) in [6.07, 6.45) is 5.93. The average molecular weight is 300 g/mol. The third-order valence-electron chi connectivity index (χ3n) is 3.51. The van der Waals surface area contributed by atoms with Gasteiger partial charge in [-0.05, 0) is 19.8 Å². The summed E-state index contributed by atoms with van der Waals surface area (Å²) in [4.78, 5) is 19.2. The normalized spacial score (nSPS) is 22.4. The first-order valence-corrected chi connectivity index (χ1v) is 8.47. The number of carbonyl (C=O) groups is 1. The van der Waals surface area contributed by atoms with Crippen molar-refractivity contribution in [3.8, 4) is 0 Å². The molecule has 0 radical (unpaired) electrons. The van der Waals surface area contributed by atoms with Crippen LogP contribution in [0.2, 0.25) is 0 Å². The van der Waals surface area contributed by atoms with Gasteiger partial charge in [-0.1, -0.05) is 0 Å². The highest BCUT2D eigenvalue weighted by Crippen LogP contribution is 2.19. The monoisotopic (exact) mass is 300 g/mol. The summed E-state index contributed by atoms with van der Waals surface area (Å²) in [5.74, 6) is 0.271. The minimum absolute atomic E-state index is 0.123. The molecular weight excluding hydrogens is 280 g/mol. The third-order valence-corrected chi connectivity index (χ3v) is 4.78. The van der Waals surface area contributed by atoms with Crippen LogP contribution in [-0.2, 0) is 14.8 Å². The van der Waals surface area contributed by atoms with Gasteiger partial charge in [0.1, 0.15) is 5.82 Å². The number of aromatic amines is 1. The van der Waals surface area contributed by atoms with E-state index in [1.54, 1.807) is 12.4 Å². The van der Waals surface area contributed by atoms with Gasteiger partial charge in [-0.3, -0.25) is 4.79 Å². The van der Waals surface area contributed by atoms with E-state index in [9.17, 15) is 13.2 Å². The van der Waals surface area contributed by atoms with Gasteiger partial charge in [-0.2, -0.15) is 0 Å². The number of piperidine rings is 1. The summed E-state index contributed by atoms with van der Waals surface area (Å²) in [5, 5.41) is 2.87. The number of hydrogen-bond acceptors (Lipinski definition) is 4. The van der Waals surface area contributed by atoms with E-state index in [0.717, 1.165) is 0 Å². The van der Waals surface area contributed by atoms with Crippen molar-refractivity contribution in [3.05, 3.63) is 18.2 Å². The molecule has 7 nitrogen and oxygen atoms in total. The zero-order valence-corrected chi connectivity index (χ0v) is 12.5. The second-order valence-corrected chi connectivity index (χ2v) is 7.15. The van der Waals surface area contributed by atoms with Gasteiger partial charge in [0, 0.05) is 25.5 Å². The molecule has 2 rings (SSSR count). The van der Waals surface area contributed by atoms with E-state index in [1.807, 2.05) is 6.92 Å². The molecule has 2 N–H and O–H groups in total. The Bertz CT molecular complexity index is 555. The van der Waals surface area contributed by atoms with E-state index >= 15 is 0 Å². The lowest BCUT2D eigenvalue weighted by atomic mass is 9.98. The molecule has 1 aromatic heterocycles. The van der Waals surface area contributed by atoms with Gasteiger partial charge >= 0.3 is 0 Å². The maximum atomic E-state index is 12.2. The maximum absolute atomic E-state index is 12.2. The molecule has 2 atom stereocenters. The van der Waals surface area contributed by atoms with Gasteiger partial charge in [0.2, 0.25) is 15.9 Å². The second kappa shape index (κ2) is 5.92. The molecule has 0 aliphatic carbocycles. The van der Waals surface area contributed by atoms with E-state index in [4.69, 9.17) is 0 Å². The second-order valence-electron chi connectivity index (χ2n) is 5.16. The summed E-state index contributed by atoms with van der Waals surface area (Å²) >= 11 is 0. The fourth-order valence-electron chi connectivity index (χ4n) is 2.37. The van der Waals surface area contributed by atoms with Crippen molar-refractivity contribution in [2.24, 2.45) is 5.92 Å². The molecule has 1 amide bonds. The number of aromatic nitrogens is 2. The lowest BCUT2D eigenvalue weighted by molar-refractivity contribution is -0.126. The standard InChI is InChI=1S/C12H20N4O3S/c1-9(11-13-5-6-14-11)15-12(17)10-4-3-7-16(8-10)20(2,18)19/h5-6,9-10H,3-4,7-8H2,1-2H3,(H,13,14)(H,15,17). The highest BCUT2D eigenvalue weighted by molar-refractivity contribution is 7.88. The Hall–Kier alpha value is -1.41. The number of carbonyl (C=O) groups excluding carboxylic acids is 1. The van der Waals surface area contributed by atoms with E-state index < -0.39 is 10.0 Å². The number of amides is 1. The molecule has 1 fully saturated rings. The van der Waals surface area contributed by atoms with Crippen molar-refractivity contribution >= 4 is 15.9 Å². The zero-order chi connectivity index (χ0) is 14.8. The van der Waals surface area contributed by atoms with Gasteiger partial charge in [0.15, 0.2) is 0 Å². The first-order valence-electron chi connectivity index (χ1n) is 6.62. The van der Waals surface area contributed by atoms with Crippen molar-refractivity contribution in [2.75, 3.05) is 19.3 Å². The fraction of sp³-hybridized carbons (Fsp3) is 0.667. The van der Waals surface area contributed by atoms with Gasteiger partial charge in [0.05, 0.1) is 18.2 Å². The summed E-state index contributed by atoms with van der Waals surface area (Å²) in [7, 11) is -3.23. The molecule has 2 heterocycles. The number of rotatable bonds is 4. The van der Waals surface area contributed by atoms with Crippen molar-refractivity contribution in [1.82, 2.24) is 19.6 Å². The molecule has 1 saturated heterocycles. The highest BCUT2D eigenvalue weighted by Gasteiger charge is 2.30. The van der Waals surface area contributed by atoms with Crippen LogP contribution in [0.4, 0.5) is 0 Å².